The topological polar surface area (TPSA) is 0 Å². The Morgan fingerprint density at radius 2 is 0.222 bits per heavy atom. The summed E-state index contributed by atoms with van der Waals surface area (Å²) in [6, 6.07) is 0. The van der Waals surface area contributed by atoms with Crippen molar-refractivity contribution in [1.29, 1.82) is 0 Å². The van der Waals surface area contributed by atoms with Crippen molar-refractivity contribution in [3.05, 3.63) is 66.8 Å². The molecule has 0 saturated carbocycles. The summed E-state index contributed by atoms with van der Waals surface area (Å²) in [7, 11) is 0. The predicted octanol–water partition coefficient (Wildman–Crippen LogP) is 8.65. The highest BCUT2D eigenvalue weighted by atomic mass is 14.3. The minimum absolute atomic E-state index is 1.37. The average Bonchev–Trinajstić information content (AvgIpc) is 2.84. The Kier molecular flexibility index (Phi) is 6.74. The molecule has 0 unspecified atom stereocenters. The van der Waals surface area contributed by atoms with E-state index in [4.69, 9.17) is 0 Å². The van der Waals surface area contributed by atoms with Crippen LogP contribution in [0.2, 0.25) is 0 Å². The van der Waals surface area contributed by atoms with E-state index in [1.54, 1.807) is 0 Å². The number of hydrogen-bond donors (Lipinski definition) is 0. The summed E-state index contributed by atoms with van der Waals surface area (Å²) in [4.78, 5) is 0. The second kappa shape index (κ2) is 10.3. The van der Waals surface area contributed by atoms with Crippen LogP contribution < -0.4 is 0 Å². The second-order valence-corrected chi connectivity index (χ2v) is 13.0. The summed E-state index contributed by atoms with van der Waals surface area (Å²) in [5, 5.41) is 0. The molecule has 0 spiro atoms. The van der Waals surface area contributed by atoms with E-state index in [1.807, 2.05) is 66.8 Å². The lowest BCUT2D eigenvalue weighted by Gasteiger charge is -2.33. The molecular weight excluding hydrogens is 432 g/mol. The molecule has 0 heterocycles. The maximum Gasteiger partial charge on any atom is -0.0273 e. The standard InChI is InChI=1S/C36H48/c1-2-14-26-29-17-5-3-15-27-25(13-1)28-16-4-6-18-30(26)34-22-10-8-20-32(28)35-23-11-12-24-36(34)33(29)21-9-7-19-31(27)35/h1-24H2. The summed E-state index contributed by atoms with van der Waals surface area (Å²) >= 11 is 0. The van der Waals surface area contributed by atoms with E-state index in [9.17, 15) is 0 Å². The van der Waals surface area contributed by atoms with Gasteiger partial charge in [0.25, 0.3) is 0 Å². The van der Waals surface area contributed by atoms with Gasteiger partial charge in [0.05, 0.1) is 0 Å². The average molecular weight is 481 g/mol. The lowest BCUT2D eigenvalue weighted by Crippen LogP contribution is -2.20. The highest BCUT2D eigenvalue weighted by Crippen LogP contribution is 2.41. The number of benzene rings is 2. The predicted molar refractivity (Wildman–Crippen MR) is 153 cm³/mol. The molecule has 0 atom stereocenters. The Hall–Kier alpha value is -1.56. The number of fused-ring (bicyclic) bond motifs is 18. The minimum atomic E-state index is 1.37. The first-order chi connectivity index (χ1) is 17.9. The Labute approximate surface area is 220 Å². The first-order valence-corrected chi connectivity index (χ1v) is 16.2. The molecule has 0 N–H and O–H groups in total. The van der Waals surface area contributed by atoms with Gasteiger partial charge in [0.1, 0.15) is 0 Å². The molecule has 0 aliphatic heterocycles. The molecule has 0 nitrogen and oxygen atoms in total. The maximum atomic E-state index is 1.89. The van der Waals surface area contributed by atoms with Crippen LogP contribution in [0.25, 0.3) is 0 Å². The van der Waals surface area contributed by atoms with Crippen molar-refractivity contribution in [1.82, 2.24) is 0 Å². The lowest BCUT2D eigenvalue weighted by molar-refractivity contribution is 0.600. The highest BCUT2D eigenvalue weighted by molar-refractivity contribution is 5.56. The van der Waals surface area contributed by atoms with Crippen LogP contribution >= 0.6 is 0 Å². The molecule has 12 bridgehead atoms. The maximum absolute atomic E-state index is 1.89. The van der Waals surface area contributed by atoms with Crippen LogP contribution in [-0.4, -0.2) is 0 Å². The summed E-state index contributed by atoms with van der Waals surface area (Å²) in [5.41, 5.74) is 22.7. The zero-order valence-electron chi connectivity index (χ0n) is 23.0. The Bertz CT molecular complexity index is 782. The molecule has 0 radical (unpaired) electrons. The molecule has 2 aromatic rings. The molecule has 0 aromatic heterocycles. The molecule has 6 aliphatic carbocycles. The largest absolute Gasteiger partial charge is 0.0489 e. The first-order valence-electron chi connectivity index (χ1n) is 16.2. The van der Waals surface area contributed by atoms with Gasteiger partial charge in [-0.1, -0.05) is 0 Å². The summed E-state index contributed by atoms with van der Waals surface area (Å²) in [6.07, 6.45) is 33.3. The van der Waals surface area contributed by atoms with E-state index in [0.717, 1.165) is 0 Å². The van der Waals surface area contributed by atoms with Crippen LogP contribution in [-0.2, 0) is 77.0 Å². The molecule has 8 rings (SSSR count). The van der Waals surface area contributed by atoms with Gasteiger partial charge in [0.15, 0.2) is 0 Å². The molecule has 0 amide bonds. The van der Waals surface area contributed by atoms with Gasteiger partial charge >= 0.3 is 0 Å². The zero-order valence-corrected chi connectivity index (χ0v) is 23.0. The third kappa shape index (κ3) is 4.10. The van der Waals surface area contributed by atoms with Crippen LogP contribution in [0.1, 0.15) is 144 Å². The van der Waals surface area contributed by atoms with Gasteiger partial charge < -0.3 is 0 Å². The monoisotopic (exact) mass is 480 g/mol. The fourth-order valence-electron chi connectivity index (χ4n) is 9.43. The van der Waals surface area contributed by atoms with Crippen molar-refractivity contribution in [3.8, 4) is 0 Å². The van der Waals surface area contributed by atoms with Crippen molar-refractivity contribution >= 4 is 0 Å². The molecule has 2 aromatic carbocycles. The van der Waals surface area contributed by atoms with Gasteiger partial charge in [-0.05, 0) is 221 Å². The third-order valence-corrected chi connectivity index (χ3v) is 11.0. The van der Waals surface area contributed by atoms with Gasteiger partial charge in [-0.2, -0.15) is 0 Å². The molecule has 0 fully saturated rings. The molecule has 36 heavy (non-hydrogen) atoms. The Morgan fingerprint density at radius 3 is 0.306 bits per heavy atom. The minimum Gasteiger partial charge on any atom is -0.0489 e. The van der Waals surface area contributed by atoms with Crippen molar-refractivity contribution in [2.75, 3.05) is 0 Å². The van der Waals surface area contributed by atoms with E-state index in [2.05, 4.69) is 0 Å². The highest BCUT2D eigenvalue weighted by Gasteiger charge is 2.28. The van der Waals surface area contributed by atoms with Gasteiger partial charge in [-0.3, -0.25) is 0 Å². The third-order valence-electron chi connectivity index (χ3n) is 11.0. The smallest absolute Gasteiger partial charge is 0.0273 e. The molecule has 0 saturated heterocycles. The van der Waals surface area contributed by atoms with E-state index >= 15 is 0 Å². The molecule has 0 heteroatoms. The van der Waals surface area contributed by atoms with Crippen molar-refractivity contribution in [2.24, 2.45) is 0 Å². The van der Waals surface area contributed by atoms with Crippen LogP contribution in [0, 0.1) is 0 Å². The van der Waals surface area contributed by atoms with E-state index < -0.39 is 0 Å². The van der Waals surface area contributed by atoms with Crippen LogP contribution in [0.15, 0.2) is 0 Å². The number of rotatable bonds is 0. The van der Waals surface area contributed by atoms with Crippen LogP contribution in [0.4, 0.5) is 0 Å². The summed E-state index contributed by atoms with van der Waals surface area (Å²) in [5.74, 6) is 0. The van der Waals surface area contributed by atoms with E-state index in [0.29, 0.717) is 0 Å². The quantitative estimate of drug-likeness (QED) is 0.354. The zero-order chi connectivity index (χ0) is 23.9. The van der Waals surface area contributed by atoms with Crippen molar-refractivity contribution in [2.45, 2.75) is 154 Å². The Balaban J connectivity index is 1.61. The van der Waals surface area contributed by atoms with Gasteiger partial charge in [0, 0.05) is 0 Å². The summed E-state index contributed by atoms with van der Waals surface area (Å²) < 4.78 is 0. The van der Waals surface area contributed by atoms with E-state index in [-0.39, 0.29) is 0 Å². The fraction of sp³-hybridized carbons (Fsp3) is 0.667. The van der Waals surface area contributed by atoms with Crippen LogP contribution in [0.3, 0.4) is 0 Å². The fourth-order valence-corrected chi connectivity index (χ4v) is 9.43. The second-order valence-electron chi connectivity index (χ2n) is 13.0. The molecular formula is C36H48. The van der Waals surface area contributed by atoms with Gasteiger partial charge in [-0.15, -0.1) is 0 Å². The Morgan fingerprint density at radius 1 is 0.139 bits per heavy atom. The first kappa shape index (κ1) is 23.5. The number of hydrogen-bond acceptors (Lipinski definition) is 0. The van der Waals surface area contributed by atoms with Gasteiger partial charge in [-0.25, -0.2) is 0 Å². The SMILES string of the molecule is C1CCc2c3c4c5c6c2CCCCc2c(c(c(c(c2CCCC6)CCCC5)CCCC4)CCCC3)C1. The van der Waals surface area contributed by atoms with Crippen molar-refractivity contribution < 1.29 is 0 Å². The van der Waals surface area contributed by atoms with Crippen molar-refractivity contribution in [3.63, 3.8) is 0 Å². The van der Waals surface area contributed by atoms with Gasteiger partial charge in [0.2, 0.25) is 0 Å². The molecule has 6 aliphatic rings. The lowest BCUT2D eigenvalue weighted by atomic mass is 9.72. The van der Waals surface area contributed by atoms with E-state index in [1.165, 1.54) is 154 Å². The molecule has 192 valence electrons. The normalized spacial score (nSPS) is 22.0. The van der Waals surface area contributed by atoms with Crippen LogP contribution in [0.5, 0.6) is 0 Å². The summed E-state index contributed by atoms with van der Waals surface area (Å²) in [6.45, 7) is 0.